The van der Waals surface area contributed by atoms with Gasteiger partial charge in [0.2, 0.25) is 0 Å². The summed E-state index contributed by atoms with van der Waals surface area (Å²) in [5, 5.41) is 0. The number of hydrogen-bond donors (Lipinski definition) is 0. The molecule has 8 aromatic rings. The molecule has 0 atom stereocenters. The first kappa shape index (κ1) is 45.1. The van der Waals surface area contributed by atoms with Crippen molar-refractivity contribution in [3.8, 4) is 67.0 Å². The number of nitrogens with zero attached hydrogens (tertiary/aromatic N) is 2. The van der Waals surface area contributed by atoms with Crippen LogP contribution in [-0.4, -0.2) is 9.97 Å². The third-order valence-corrected chi connectivity index (χ3v) is 16.8. The van der Waals surface area contributed by atoms with Gasteiger partial charge >= 0.3 is 0 Å². The van der Waals surface area contributed by atoms with Crippen LogP contribution in [-0.2, 0) is 30.9 Å². The van der Waals surface area contributed by atoms with Gasteiger partial charge in [-0.1, -0.05) is 146 Å². The van der Waals surface area contributed by atoms with Crippen molar-refractivity contribution >= 4 is 0 Å². The van der Waals surface area contributed by atoms with E-state index in [1.165, 1.54) is 116 Å². The van der Waals surface area contributed by atoms with E-state index in [-0.39, 0.29) is 20.1 Å². The fourth-order valence-electron chi connectivity index (χ4n) is 11.9. The van der Waals surface area contributed by atoms with E-state index in [9.17, 15) is 0 Å². The van der Waals surface area contributed by atoms with Crippen LogP contribution >= 0.6 is 0 Å². The summed E-state index contributed by atoms with van der Waals surface area (Å²) in [7, 11) is 0. The predicted octanol–water partition coefficient (Wildman–Crippen LogP) is 17.0. The Morgan fingerprint density at radius 2 is 0.761 bits per heavy atom. The van der Waals surface area contributed by atoms with E-state index < -0.39 is 0 Å². The van der Waals surface area contributed by atoms with Crippen LogP contribution in [0.4, 0.5) is 0 Å². The van der Waals surface area contributed by atoms with Gasteiger partial charge in [0.15, 0.2) is 0 Å². The molecule has 0 amide bonds. The molecular formula is C64H60IrN2-2. The first-order valence-corrected chi connectivity index (χ1v) is 24.5. The van der Waals surface area contributed by atoms with Gasteiger partial charge in [0.25, 0.3) is 0 Å². The van der Waals surface area contributed by atoms with Crippen LogP contribution < -0.4 is 0 Å². The average Bonchev–Trinajstić information content (AvgIpc) is 3.40. The molecule has 0 saturated heterocycles. The van der Waals surface area contributed by atoms with E-state index in [0.29, 0.717) is 21.7 Å². The van der Waals surface area contributed by atoms with E-state index in [4.69, 9.17) is 4.98 Å². The number of hydrogen-bond acceptors (Lipinski definition) is 2. The summed E-state index contributed by atoms with van der Waals surface area (Å²) in [4.78, 5) is 9.07. The molecule has 1 radical (unpaired) electrons. The maximum Gasteiger partial charge on any atom is 0.0239 e. The van der Waals surface area contributed by atoms with E-state index >= 15 is 0 Å². The molecule has 6 aromatic carbocycles. The summed E-state index contributed by atoms with van der Waals surface area (Å²) in [6, 6.07) is 68.0. The second-order valence-corrected chi connectivity index (χ2v) is 20.9. The normalized spacial score (nSPS) is 23.7. The molecule has 0 unspecified atom stereocenters. The molecule has 2 aromatic heterocycles. The molecule has 2 heterocycles. The molecule has 6 aliphatic rings. The van der Waals surface area contributed by atoms with Gasteiger partial charge in [-0.25, -0.2) is 0 Å². The first-order valence-electron chi connectivity index (χ1n) is 24.5. The number of pyridine rings is 2. The second-order valence-electron chi connectivity index (χ2n) is 20.9. The second kappa shape index (κ2) is 18.7. The molecule has 6 saturated carbocycles. The van der Waals surface area contributed by atoms with E-state index in [1.54, 1.807) is 17.3 Å². The van der Waals surface area contributed by atoms with Crippen molar-refractivity contribution in [2.24, 2.45) is 10.8 Å². The largest absolute Gasteiger partial charge is 0.305 e. The van der Waals surface area contributed by atoms with Gasteiger partial charge in [-0.3, -0.25) is 0 Å². The summed E-state index contributed by atoms with van der Waals surface area (Å²) in [5.74, 6) is 0. The molecule has 0 aliphatic heterocycles. The predicted molar refractivity (Wildman–Crippen MR) is 274 cm³/mol. The fraction of sp³-hybridized carbons (Fsp3) is 0.281. The maximum absolute atomic E-state index is 4.85. The molecule has 67 heavy (non-hydrogen) atoms. The first-order chi connectivity index (χ1) is 32.3. The molecule has 3 heteroatoms. The van der Waals surface area contributed by atoms with Crippen molar-refractivity contribution in [3.05, 3.63) is 206 Å². The van der Waals surface area contributed by atoms with Crippen molar-refractivity contribution in [1.29, 1.82) is 0 Å². The Labute approximate surface area is 412 Å². The van der Waals surface area contributed by atoms with Crippen molar-refractivity contribution in [1.82, 2.24) is 9.97 Å². The number of aromatic nitrogens is 2. The van der Waals surface area contributed by atoms with Gasteiger partial charge < -0.3 is 9.97 Å². The smallest absolute Gasteiger partial charge is 0.0239 e. The van der Waals surface area contributed by atoms with Gasteiger partial charge in [0, 0.05) is 32.5 Å². The van der Waals surface area contributed by atoms with Crippen LogP contribution in [0.5, 0.6) is 0 Å². The molecule has 337 valence electrons. The minimum atomic E-state index is 0. The van der Waals surface area contributed by atoms with Crippen LogP contribution in [0.1, 0.15) is 102 Å². The molecule has 6 aliphatic carbocycles. The summed E-state index contributed by atoms with van der Waals surface area (Å²) >= 11 is 0. The van der Waals surface area contributed by atoms with E-state index in [2.05, 4.69) is 158 Å². The van der Waals surface area contributed by atoms with Gasteiger partial charge in [0.05, 0.1) is 0 Å². The van der Waals surface area contributed by atoms with Crippen LogP contribution in [0, 0.1) is 23.0 Å². The molecular weight excluding hydrogens is 989 g/mol. The van der Waals surface area contributed by atoms with E-state index in [1.807, 2.05) is 48.7 Å². The maximum atomic E-state index is 4.85. The minimum absolute atomic E-state index is 0. The third-order valence-electron chi connectivity index (χ3n) is 16.8. The minimum Gasteiger partial charge on any atom is -0.305 e. The zero-order valence-corrected chi connectivity index (χ0v) is 41.4. The molecule has 6 fully saturated rings. The van der Waals surface area contributed by atoms with Gasteiger partial charge in [-0.2, -0.15) is 0 Å². The average molecular weight is 1050 g/mol. The summed E-state index contributed by atoms with van der Waals surface area (Å²) < 4.78 is 0. The van der Waals surface area contributed by atoms with Gasteiger partial charge in [-0.15, -0.1) is 65.7 Å². The van der Waals surface area contributed by atoms with E-state index in [0.717, 1.165) is 28.1 Å². The zero-order valence-electron chi connectivity index (χ0n) is 39.0. The van der Waals surface area contributed by atoms with Crippen LogP contribution in [0.2, 0.25) is 0 Å². The number of benzene rings is 6. The van der Waals surface area contributed by atoms with Crippen molar-refractivity contribution in [2.75, 3.05) is 0 Å². The Bertz CT molecular complexity index is 2630. The van der Waals surface area contributed by atoms with Crippen LogP contribution in [0.25, 0.3) is 67.0 Å². The number of fused-ring (bicyclic) bond motifs is 6. The SMILES string of the molecule is CC12CCC(c3ccc(-c4ccc(-c5c[c-]c(-c6ccc(-c7ccc(-c8ccc(C9%10CCC(C)(CC9)CC%10)cc8)cc7)cn6)cc5)cc4)cc3)(CC1)CC2.[Ir].[c-]1ccccc1-c1ccccn1. The van der Waals surface area contributed by atoms with Crippen molar-refractivity contribution in [2.45, 2.75) is 102 Å². The Kier molecular flexibility index (Phi) is 12.6. The topological polar surface area (TPSA) is 25.8 Å². The van der Waals surface area contributed by atoms with Crippen LogP contribution in [0.15, 0.2) is 182 Å². The monoisotopic (exact) mass is 1050 g/mol. The number of rotatable bonds is 8. The summed E-state index contributed by atoms with van der Waals surface area (Å²) in [6.07, 6.45) is 20.3. The fourth-order valence-corrected chi connectivity index (χ4v) is 11.9. The third kappa shape index (κ3) is 9.31. The van der Waals surface area contributed by atoms with Gasteiger partial charge in [-0.05, 0) is 161 Å². The van der Waals surface area contributed by atoms with Crippen molar-refractivity contribution < 1.29 is 20.1 Å². The molecule has 0 spiro atoms. The van der Waals surface area contributed by atoms with Crippen molar-refractivity contribution in [3.63, 3.8) is 0 Å². The Morgan fingerprint density at radius 1 is 0.358 bits per heavy atom. The van der Waals surface area contributed by atoms with Crippen LogP contribution in [0.3, 0.4) is 0 Å². The Morgan fingerprint density at radius 3 is 1.16 bits per heavy atom. The zero-order chi connectivity index (χ0) is 44.6. The summed E-state index contributed by atoms with van der Waals surface area (Å²) in [6.45, 7) is 5.01. The Balaban J connectivity index is 0.000000351. The Hall–Kier alpha value is -5.73. The molecule has 0 N–H and O–H groups in total. The molecule has 4 bridgehead atoms. The molecule has 14 rings (SSSR count). The quantitative estimate of drug-likeness (QED) is 0.142. The molecule has 2 nitrogen and oxygen atoms in total. The summed E-state index contributed by atoms with van der Waals surface area (Å²) in [5.41, 5.74) is 19.0. The van der Waals surface area contributed by atoms with Gasteiger partial charge in [0.1, 0.15) is 0 Å². The standard InChI is InChI=1S/C53H52N.C11H8N.Ir/c1-50-25-31-52(32-26-50,33-27-50)47-20-15-42(16-21-47)39-5-3-38(4-6-39)41-11-13-45(14-12-41)49-24-19-46(37-54-49)44-9-7-40(8-10-44)43-17-22-48(23-18-43)53-34-28-51(2,29-35-53)30-36-53;1-2-6-10(7-3-1)11-8-4-5-9-12-11;/h3-13,15-24,37H,25-36H2,1-2H3;1-6,8-9H;/q2*-1;.